The van der Waals surface area contributed by atoms with Crippen LogP contribution in [-0.4, -0.2) is 44.4 Å². The number of hydrogen-bond acceptors (Lipinski definition) is 4. The van der Waals surface area contributed by atoms with E-state index in [9.17, 15) is 4.79 Å². The van der Waals surface area contributed by atoms with Crippen LogP contribution < -0.4 is 5.32 Å². The van der Waals surface area contributed by atoms with Crippen LogP contribution in [0.1, 0.15) is 40.3 Å². The normalized spacial score (nSPS) is 11.9. The van der Waals surface area contributed by atoms with Crippen molar-refractivity contribution in [2.45, 2.75) is 59.3 Å². The second-order valence-corrected chi connectivity index (χ2v) is 6.11. The number of hydrogen-bond donors (Lipinski definition) is 1. The minimum atomic E-state index is 0.0373. The highest BCUT2D eigenvalue weighted by molar-refractivity contribution is 5.75. The molecule has 0 aromatic carbocycles. The molecule has 0 atom stereocenters. The van der Waals surface area contributed by atoms with Gasteiger partial charge >= 0.3 is 0 Å². The first-order valence-electron chi connectivity index (χ1n) is 6.59. The van der Waals surface area contributed by atoms with Gasteiger partial charge in [0.15, 0.2) is 0 Å². The molecule has 0 aliphatic heterocycles. The molecule has 1 rings (SSSR count). The lowest BCUT2D eigenvalue weighted by atomic mass is 10.1. The minimum Gasteiger partial charge on any atom is -0.342 e. The number of likely N-dealkylation sites (N-methyl/N-ethyl adjacent to an activating group) is 1. The van der Waals surface area contributed by atoms with Crippen LogP contribution in [0.2, 0.25) is 0 Å². The van der Waals surface area contributed by atoms with Gasteiger partial charge < -0.3 is 10.2 Å². The average Bonchev–Trinajstić information content (AvgIpc) is 2.72. The summed E-state index contributed by atoms with van der Waals surface area (Å²) < 4.78 is 1.58. The van der Waals surface area contributed by atoms with Crippen molar-refractivity contribution in [2.75, 3.05) is 7.05 Å². The van der Waals surface area contributed by atoms with E-state index in [1.54, 1.807) is 16.6 Å². The van der Waals surface area contributed by atoms with Gasteiger partial charge in [0.2, 0.25) is 5.91 Å². The summed E-state index contributed by atoms with van der Waals surface area (Å²) in [6.45, 7) is 11.1. The number of carbonyl (C=O) groups is 1. The third kappa shape index (κ3) is 5.38. The summed E-state index contributed by atoms with van der Waals surface area (Å²) in [5, 5.41) is 11.4. The lowest BCUT2D eigenvalue weighted by Crippen LogP contribution is -2.35. The van der Waals surface area contributed by atoms with E-state index in [1.165, 1.54) is 0 Å². The topological polar surface area (TPSA) is 63.1 Å². The maximum atomic E-state index is 11.9. The number of nitrogens with one attached hydrogen (secondary N) is 1. The van der Waals surface area contributed by atoms with Crippen molar-refractivity contribution >= 4 is 5.91 Å². The van der Waals surface area contributed by atoms with Crippen molar-refractivity contribution < 1.29 is 4.79 Å². The second kappa shape index (κ2) is 6.14. The van der Waals surface area contributed by atoms with Crippen LogP contribution in [0.3, 0.4) is 0 Å². The summed E-state index contributed by atoms with van der Waals surface area (Å²) in [5.41, 5.74) is 0.882. The van der Waals surface area contributed by atoms with Gasteiger partial charge in [-0.3, -0.25) is 4.79 Å². The van der Waals surface area contributed by atoms with E-state index < -0.39 is 0 Å². The van der Waals surface area contributed by atoms with Crippen LogP contribution in [0.15, 0.2) is 6.20 Å². The molecule has 1 aromatic heterocycles. The quantitative estimate of drug-likeness (QED) is 0.865. The molecule has 0 aliphatic rings. The summed E-state index contributed by atoms with van der Waals surface area (Å²) in [7, 11) is 1.80. The van der Waals surface area contributed by atoms with E-state index in [4.69, 9.17) is 0 Å². The third-order valence-corrected chi connectivity index (χ3v) is 2.85. The van der Waals surface area contributed by atoms with Crippen LogP contribution in [0, 0.1) is 0 Å². The first-order valence-corrected chi connectivity index (χ1v) is 6.59. The Balaban J connectivity index is 2.53. The van der Waals surface area contributed by atoms with Crippen LogP contribution in [0.4, 0.5) is 0 Å². The standard InChI is InChI=1S/C13H25N5O/c1-10(2)17(6)12(19)9-18-8-11(15-16-18)7-14-13(3,4)5/h8,10,14H,7,9H2,1-6H3. The molecular formula is C13H25N5O. The molecule has 0 spiro atoms. The third-order valence-electron chi connectivity index (χ3n) is 2.85. The van der Waals surface area contributed by atoms with Crippen molar-refractivity contribution in [1.29, 1.82) is 0 Å². The van der Waals surface area contributed by atoms with Crippen molar-refractivity contribution in [3.05, 3.63) is 11.9 Å². The van der Waals surface area contributed by atoms with Gasteiger partial charge in [0.25, 0.3) is 0 Å². The van der Waals surface area contributed by atoms with Gasteiger partial charge in [-0.25, -0.2) is 4.68 Å². The van der Waals surface area contributed by atoms with Crippen LogP contribution in [-0.2, 0) is 17.9 Å². The van der Waals surface area contributed by atoms with Gasteiger partial charge in [0.1, 0.15) is 6.54 Å². The summed E-state index contributed by atoms with van der Waals surface area (Å²) in [5.74, 6) is 0.0373. The molecule has 1 aromatic rings. The predicted molar refractivity (Wildman–Crippen MR) is 74.5 cm³/mol. The summed E-state index contributed by atoms with van der Waals surface area (Å²) in [6, 6.07) is 0.193. The number of aromatic nitrogens is 3. The number of carbonyl (C=O) groups excluding carboxylic acids is 1. The molecule has 1 amide bonds. The Kier molecular flexibility index (Phi) is 5.05. The van der Waals surface area contributed by atoms with Gasteiger partial charge in [-0.05, 0) is 34.6 Å². The molecule has 0 saturated carbocycles. The van der Waals surface area contributed by atoms with Crippen LogP contribution >= 0.6 is 0 Å². The van der Waals surface area contributed by atoms with E-state index in [2.05, 4.69) is 36.4 Å². The van der Waals surface area contributed by atoms with Crippen molar-refractivity contribution in [3.8, 4) is 0 Å². The molecule has 0 unspecified atom stereocenters. The fraction of sp³-hybridized carbons (Fsp3) is 0.769. The molecule has 1 heterocycles. The minimum absolute atomic E-state index is 0.0373. The van der Waals surface area contributed by atoms with Gasteiger partial charge in [0, 0.05) is 25.2 Å². The van der Waals surface area contributed by atoms with Crippen molar-refractivity contribution in [2.24, 2.45) is 0 Å². The maximum Gasteiger partial charge on any atom is 0.244 e. The average molecular weight is 267 g/mol. The molecular weight excluding hydrogens is 242 g/mol. The van der Waals surface area contributed by atoms with E-state index >= 15 is 0 Å². The van der Waals surface area contributed by atoms with Crippen LogP contribution in [0.5, 0.6) is 0 Å². The monoisotopic (exact) mass is 267 g/mol. The highest BCUT2D eigenvalue weighted by Gasteiger charge is 2.14. The molecule has 0 radical (unpaired) electrons. The van der Waals surface area contributed by atoms with E-state index in [1.807, 2.05) is 20.0 Å². The van der Waals surface area contributed by atoms with Crippen LogP contribution in [0.25, 0.3) is 0 Å². The molecule has 0 bridgehead atoms. The Morgan fingerprint density at radius 3 is 2.63 bits per heavy atom. The Morgan fingerprint density at radius 1 is 1.47 bits per heavy atom. The first kappa shape index (κ1) is 15.6. The predicted octanol–water partition coefficient (Wildman–Crippen LogP) is 1.03. The number of amides is 1. The van der Waals surface area contributed by atoms with Gasteiger partial charge in [-0.2, -0.15) is 0 Å². The van der Waals surface area contributed by atoms with Crippen molar-refractivity contribution in [3.63, 3.8) is 0 Å². The Bertz CT molecular complexity index is 419. The number of nitrogens with zero attached hydrogens (tertiary/aromatic N) is 4. The summed E-state index contributed by atoms with van der Waals surface area (Å²) >= 11 is 0. The molecule has 0 aliphatic carbocycles. The van der Waals surface area contributed by atoms with Gasteiger partial charge in [0.05, 0.1) is 11.9 Å². The molecule has 0 fully saturated rings. The highest BCUT2D eigenvalue weighted by atomic mass is 16.2. The molecule has 6 nitrogen and oxygen atoms in total. The largest absolute Gasteiger partial charge is 0.342 e. The molecule has 108 valence electrons. The molecule has 6 heteroatoms. The van der Waals surface area contributed by atoms with Crippen molar-refractivity contribution in [1.82, 2.24) is 25.2 Å². The zero-order chi connectivity index (χ0) is 14.6. The lowest BCUT2D eigenvalue weighted by molar-refractivity contribution is -0.132. The van der Waals surface area contributed by atoms with Gasteiger partial charge in [-0.15, -0.1) is 5.10 Å². The number of rotatable bonds is 5. The molecule has 1 N–H and O–H groups in total. The first-order chi connectivity index (χ1) is 8.69. The fourth-order valence-electron chi connectivity index (χ4n) is 1.39. The SMILES string of the molecule is CC(C)N(C)C(=O)Cn1cc(CNC(C)(C)C)nn1. The smallest absolute Gasteiger partial charge is 0.244 e. The highest BCUT2D eigenvalue weighted by Crippen LogP contribution is 2.02. The van der Waals surface area contributed by atoms with E-state index in [-0.39, 0.29) is 24.0 Å². The fourth-order valence-corrected chi connectivity index (χ4v) is 1.39. The zero-order valence-electron chi connectivity index (χ0n) is 12.8. The lowest BCUT2D eigenvalue weighted by Gasteiger charge is -2.21. The van der Waals surface area contributed by atoms with E-state index in [0.29, 0.717) is 6.54 Å². The summed E-state index contributed by atoms with van der Waals surface area (Å²) in [4.78, 5) is 13.6. The van der Waals surface area contributed by atoms with Gasteiger partial charge in [-0.1, -0.05) is 5.21 Å². The Morgan fingerprint density at radius 2 is 2.11 bits per heavy atom. The molecule has 0 saturated heterocycles. The summed E-state index contributed by atoms with van der Waals surface area (Å²) in [6.07, 6.45) is 1.81. The molecule has 19 heavy (non-hydrogen) atoms. The maximum absolute atomic E-state index is 11.9. The Hall–Kier alpha value is -1.43. The second-order valence-electron chi connectivity index (χ2n) is 6.11. The Labute approximate surface area is 115 Å². The van der Waals surface area contributed by atoms with E-state index in [0.717, 1.165) is 5.69 Å². The zero-order valence-corrected chi connectivity index (χ0v) is 12.8.